The van der Waals surface area contributed by atoms with Gasteiger partial charge in [0.25, 0.3) is 0 Å². The van der Waals surface area contributed by atoms with E-state index in [4.69, 9.17) is 10.5 Å². The molecule has 3 N–H and O–H groups in total. The minimum Gasteiger partial charge on any atom is -0.497 e. The molecule has 5 heteroatoms. The molecule has 1 aromatic carbocycles. The molecule has 1 saturated heterocycles. The molecule has 24 heavy (non-hydrogen) atoms. The zero-order valence-electron chi connectivity index (χ0n) is 15.1. The van der Waals surface area contributed by atoms with Crippen LogP contribution in [0.15, 0.2) is 29.3 Å². The zero-order chi connectivity index (χ0) is 17.2. The molecule has 1 aliphatic heterocycles. The van der Waals surface area contributed by atoms with Gasteiger partial charge in [0.15, 0.2) is 5.96 Å². The van der Waals surface area contributed by atoms with Gasteiger partial charge in [-0.05, 0) is 30.9 Å². The van der Waals surface area contributed by atoms with E-state index < -0.39 is 0 Å². The first-order valence-corrected chi connectivity index (χ1v) is 9.15. The van der Waals surface area contributed by atoms with Crippen LogP contribution >= 0.6 is 0 Å². The summed E-state index contributed by atoms with van der Waals surface area (Å²) in [5.41, 5.74) is 7.18. The van der Waals surface area contributed by atoms with E-state index in [2.05, 4.69) is 34.3 Å². The van der Waals surface area contributed by atoms with E-state index in [0.717, 1.165) is 44.8 Å². The van der Waals surface area contributed by atoms with Gasteiger partial charge in [-0.15, -0.1) is 0 Å². The van der Waals surface area contributed by atoms with E-state index in [1.54, 1.807) is 7.11 Å². The number of hydrogen-bond acceptors (Lipinski definition) is 3. The summed E-state index contributed by atoms with van der Waals surface area (Å²) < 4.78 is 5.31. The highest BCUT2D eigenvalue weighted by Crippen LogP contribution is 2.26. The normalized spacial score (nSPS) is 18.0. The van der Waals surface area contributed by atoms with Crippen molar-refractivity contribution in [1.82, 2.24) is 5.32 Å². The van der Waals surface area contributed by atoms with E-state index in [1.165, 1.54) is 24.9 Å². The average molecular weight is 332 g/mol. The molecular weight excluding hydrogens is 300 g/mol. The van der Waals surface area contributed by atoms with Gasteiger partial charge in [0.2, 0.25) is 0 Å². The van der Waals surface area contributed by atoms with Crippen LogP contribution in [-0.2, 0) is 0 Å². The lowest BCUT2D eigenvalue weighted by atomic mass is 10.1. The van der Waals surface area contributed by atoms with Crippen LogP contribution in [0.3, 0.4) is 0 Å². The van der Waals surface area contributed by atoms with Gasteiger partial charge in [0.1, 0.15) is 5.75 Å². The summed E-state index contributed by atoms with van der Waals surface area (Å²) in [6, 6.07) is 8.26. The third-order valence-corrected chi connectivity index (χ3v) is 4.56. The van der Waals surface area contributed by atoms with Gasteiger partial charge in [0, 0.05) is 37.9 Å². The molecule has 1 fully saturated rings. The molecular formula is C19H32N4O. The Kier molecular flexibility index (Phi) is 7.72. The van der Waals surface area contributed by atoms with Crippen molar-refractivity contribution < 1.29 is 4.74 Å². The molecule has 1 aromatic rings. The molecule has 5 nitrogen and oxygen atoms in total. The summed E-state index contributed by atoms with van der Waals surface area (Å²) in [6.07, 6.45) is 6.13. The quantitative estimate of drug-likeness (QED) is 0.414. The third-order valence-electron chi connectivity index (χ3n) is 4.56. The van der Waals surface area contributed by atoms with Crippen LogP contribution in [0.5, 0.6) is 5.75 Å². The predicted molar refractivity (Wildman–Crippen MR) is 102 cm³/mol. The molecule has 0 aromatic heterocycles. The number of anilines is 1. The summed E-state index contributed by atoms with van der Waals surface area (Å²) in [4.78, 5) is 6.92. The first kappa shape index (κ1) is 18.4. The number of nitrogens with two attached hydrogens (primary N) is 1. The van der Waals surface area contributed by atoms with Gasteiger partial charge in [-0.25, -0.2) is 0 Å². The second-order valence-corrected chi connectivity index (χ2v) is 6.52. The lowest BCUT2D eigenvalue weighted by molar-refractivity contribution is 0.415. The first-order valence-electron chi connectivity index (χ1n) is 9.15. The maximum Gasteiger partial charge on any atom is 0.188 e. The van der Waals surface area contributed by atoms with E-state index in [1.807, 2.05) is 12.1 Å². The molecule has 2 rings (SSSR count). The second-order valence-electron chi connectivity index (χ2n) is 6.52. The van der Waals surface area contributed by atoms with Crippen molar-refractivity contribution in [3.05, 3.63) is 24.3 Å². The van der Waals surface area contributed by atoms with Crippen molar-refractivity contribution in [2.24, 2.45) is 16.6 Å². The third kappa shape index (κ3) is 5.95. The summed E-state index contributed by atoms with van der Waals surface area (Å²) >= 11 is 0. The van der Waals surface area contributed by atoms with Crippen molar-refractivity contribution in [3.63, 3.8) is 0 Å². The molecule has 1 unspecified atom stereocenters. The largest absolute Gasteiger partial charge is 0.497 e. The lowest BCUT2D eigenvalue weighted by Crippen LogP contribution is -2.33. The Morgan fingerprint density at radius 2 is 2.25 bits per heavy atom. The van der Waals surface area contributed by atoms with Crippen LogP contribution in [0.4, 0.5) is 5.69 Å². The monoisotopic (exact) mass is 332 g/mol. The molecule has 0 radical (unpaired) electrons. The smallest absolute Gasteiger partial charge is 0.188 e. The summed E-state index contributed by atoms with van der Waals surface area (Å²) in [5, 5.41) is 3.22. The summed E-state index contributed by atoms with van der Waals surface area (Å²) in [7, 11) is 1.71. The average Bonchev–Trinajstić information content (AvgIpc) is 3.09. The molecule has 0 amide bonds. The molecule has 0 bridgehead atoms. The predicted octanol–water partition coefficient (Wildman–Crippen LogP) is 3.01. The fourth-order valence-electron chi connectivity index (χ4n) is 3.07. The molecule has 0 aliphatic carbocycles. The van der Waals surface area contributed by atoms with Crippen molar-refractivity contribution in [2.45, 2.75) is 39.0 Å². The van der Waals surface area contributed by atoms with Crippen LogP contribution in [0.25, 0.3) is 0 Å². The number of hydrogen-bond donors (Lipinski definition) is 2. The van der Waals surface area contributed by atoms with Gasteiger partial charge >= 0.3 is 0 Å². The Labute approximate surface area is 146 Å². The number of ether oxygens (including phenoxy) is 1. The van der Waals surface area contributed by atoms with Crippen LogP contribution in [-0.4, -0.2) is 39.2 Å². The maximum absolute atomic E-state index is 5.96. The van der Waals surface area contributed by atoms with Gasteiger partial charge in [0.05, 0.1) is 7.11 Å². The van der Waals surface area contributed by atoms with E-state index >= 15 is 0 Å². The fourth-order valence-corrected chi connectivity index (χ4v) is 3.07. The highest BCUT2D eigenvalue weighted by molar-refractivity contribution is 5.77. The number of nitrogens with zero attached hydrogens (tertiary/aromatic N) is 2. The van der Waals surface area contributed by atoms with Gasteiger partial charge in [-0.1, -0.05) is 32.3 Å². The second kappa shape index (κ2) is 10.1. The van der Waals surface area contributed by atoms with Crippen molar-refractivity contribution in [3.8, 4) is 5.75 Å². The van der Waals surface area contributed by atoms with Crippen LogP contribution in [0, 0.1) is 5.92 Å². The Hall–Kier alpha value is -1.91. The molecule has 1 heterocycles. The minimum absolute atomic E-state index is 0.566. The molecule has 1 aliphatic rings. The first-order chi connectivity index (χ1) is 11.7. The minimum atomic E-state index is 0.566. The molecule has 1 atom stereocenters. The number of benzene rings is 1. The number of rotatable bonds is 9. The van der Waals surface area contributed by atoms with Crippen molar-refractivity contribution in [1.29, 1.82) is 0 Å². The Morgan fingerprint density at radius 3 is 3.04 bits per heavy atom. The standard InChI is InChI=1S/C19H32N4O/c1-3-4-5-6-11-21-19(20)22-14-16-10-12-23(15-16)17-8-7-9-18(13-17)24-2/h7-9,13,16H,3-6,10-12,14-15H2,1-2H3,(H3,20,21,22). The van der Waals surface area contributed by atoms with E-state index in [-0.39, 0.29) is 0 Å². The maximum atomic E-state index is 5.96. The van der Waals surface area contributed by atoms with Crippen LogP contribution in [0.2, 0.25) is 0 Å². The van der Waals surface area contributed by atoms with Crippen molar-refractivity contribution in [2.75, 3.05) is 38.2 Å². The highest BCUT2D eigenvalue weighted by atomic mass is 16.5. The molecule has 0 spiro atoms. The van der Waals surface area contributed by atoms with Crippen LogP contribution < -0.4 is 20.7 Å². The zero-order valence-corrected chi connectivity index (χ0v) is 15.1. The Morgan fingerprint density at radius 1 is 1.38 bits per heavy atom. The molecule has 134 valence electrons. The van der Waals surface area contributed by atoms with Crippen molar-refractivity contribution >= 4 is 11.6 Å². The van der Waals surface area contributed by atoms with Gasteiger partial charge in [-0.3, -0.25) is 4.99 Å². The van der Waals surface area contributed by atoms with Gasteiger partial charge < -0.3 is 20.7 Å². The lowest BCUT2D eigenvalue weighted by Gasteiger charge is -2.19. The number of unbranched alkanes of at least 4 members (excludes halogenated alkanes) is 3. The van der Waals surface area contributed by atoms with E-state index in [9.17, 15) is 0 Å². The topological polar surface area (TPSA) is 62.9 Å². The summed E-state index contributed by atoms with van der Waals surface area (Å²) in [6.45, 7) is 6.04. The number of methoxy groups -OCH3 is 1. The Balaban J connectivity index is 1.72. The van der Waals surface area contributed by atoms with E-state index in [0.29, 0.717) is 11.9 Å². The van der Waals surface area contributed by atoms with Crippen LogP contribution in [0.1, 0.15) is 39.0 Å². The number of guanidine groups is 1. The number of aliphatic imine (C=N–C) groups is 1. The SMILES string of the molecule is CCCCCCNC(N)=NCC1CCN(c2cccc(OC)c2)C1. The highest BCUT2D eigenvalue weighted by Gasteiger charge is 2.22. The fraction of sp³-hybridized carbons (Fsp3) is 0.632. The molecule has 0 saturated carbocycles. The Bertz CT molecular complexity index is 518. The number of nitrogens with one attached hydrogen (secondary N) is 1. The van der Waals surface area contributed by atoms with Gasteiger partial charge in [-0.2, -0.15) is 0 Å². The summed E-state index contributed by atoms with van der Waals surface area (Å²) in [5.74, 6) is 2.06.